The van der Waals surface area contributed by atoms with Gasteiger partial charge in [-0.25, -0.2) is 15.3 Å². The highest BCUT2D eigenvalue weighted by Gasteiger charge is 2.04. The molecule has 0 fully saturated rings. The number of nitrogens with zero attached hydrogens (tertiary/aromatic N) is 3. The maximum Gasteiger partial charge on any atom is 0.308 e. The van der Waals surface area contributed by atoms with E-state index in [1.807, 2.05) is 12.2 Å². The van der Waals surface area contributed by atoms with Crippen LogP contribution in [0.2, 0.25) is 0 Å². The van der Waals surface area contributed by atoms with Crippen LogP contribution in [0.15, 0.2) is 11.3 Å². The van der Waals surface area contributed by atoms with Crippen LogP contribution < -0.4 is 23.0 Å². The van der Waals surface area contributed by atoms with Crippen molar-refractivity contribution in [2.45, 2.75) is 12.7 Å². The van der Waals surface area contributed by atoms with Gasteiger partial charge >= 0.3 is 5.96 Å². The number of aldehydes is 1. The molecule has 110 valence electrons. The summed E-state index contributed by atoms with van der Waals surface area (Å²) in [4.78, 5) is 21.4. The second kappa shape index (κ2) is 11.3. The fourth-order valence-electron chi connectivity index (χ4n) is 1.33. The lowest BCUT2D eigenvalue weighted by atomic mass is 10.4. The molecule has 0 spiro atoms. The van der Waals surface area contributed by atoms with Crippen LogP contribution in [0.5, 0.6) is 0 Å². The van der Waals surface area contributed by atoms with Gasteiger partial charge in [0.15, 0.2) is 6.19 Å². The third-order valence-electron chi connectivity index (χ3n) is 2.29. The number of imidazole rings is 1. The summed E-state index contributed by atoms with van der Waals surface area (Å²) in [5.41, 5.74) is 2.16. The number of aromatic amines is 1. The minimum absolute atomic E-state index is 0. The van der Waals surface area contributed by atoms with Gasteiger partial charge in [-0.05, 0) is 6.92 Å². The van der Waals surface area contributed by atoms with E-state index in [9.17, 15) is 4.79 Å². The number of nitriles is 1. The molecule has 1 rings (SSSR count). The van der Waals surface area contributed by atoms with Crippen molar-refractivity contribution in [3.8, 4) is 6.19 Å². The molecule has 1 aromatic heterocycles. The molecule has 0 aliphatic carbocycles. The molecule has 0 aromatic carbocycles. The zero-order valence-electron chi connectivity index (χ0n) is 11.1. The summed E-state index contributed by atoms with van der Waals surface area (Å²) >= 11 is 1.76. The Morgan fingerprint density at radius 1 is 1.75 bits per heavy atom. The maximum absolute atomic E-state index is 10.2. The second-order valence-electron chi connectivity index (χ2n) is 3.65. The number of halogens is 1. The fraction of sp³-hybridized carbons (Fsp3) is 0.455. The van der Waals surface area contributed by atoms with Gasteiger partial charge in [-0.3, -0.25) is 5.32 Å². The minimum Gasteiger partial charge on any atom is -1.00 e. The van der Waals surface area contributed by atoms with E-state index in [1.165, 1.54) is 0 Å². The lowest BCUT2D eigenvalue weighted by Crippen LogP contribution is -3.00. The van der Waals surface area contributed by atoms with Gasteiger partial charge in [0.2, 0.25) is 0 Å². The second-order valence-corrected chi connectivity index (χ2v) is 4.75. The number of aromatic nitrogens is 2. The highest BCUT2D eigenvalue weighted by Crippen LogP contribution is 2.10. The summed E-state index contributed by atoms with van der Waals surface area (Å²) in [7, 11) is 0. The SMILES string of the molecule is Cc1[nH]cnc1CSCC[NH2+]C(=NCC=O)NC#N.[Cl-]. The van der Waals surface area contributed by atoms with Crippen LogP contribution in [0.25, 0.3) is 0 Å². The van der Waals surface area contributed by atoms with Crippen molar-refractivity contribution in [2.24, 2.45) is 4.99 Å². The molecule has 0 atom stereocenters. The number of H-pyrrole nitrogens is 1. The fourth-order valence-corrected chi connectivity index (χ4v) is 2.24. The van der Waals surface area contributed by atoms with Crippen LogP contribution in [0.4, 0.5) is 0 Å². The van der Waals surface area contributed by atoms with E-state index in [1.54, 1.807) is 24.3 Å². The van der Waals surface area contributed by atoms with Crippen LogP contribution in [-0.2, 0) is 10.5 Å². The molecule has 0 amide bonds. The lowest BCUT2D eigenvalue weighted by molar-refractivity contribution is -0.538. The van der Waals surface area contributed by atoms with Crippen molar-refractivity contribution in [1.29, 1.82) is 5.26 Å². The number of hydrogen-bond acceptors (Lipinski definition) is 5. The first-order chi connectivity index (χ1) is 9.27. The van der Waals surface area contributed by atoms with E-state index in [4.69, 9.17) is 5.26 Å². The molecule has 1 aromatic rings. The Morgan fingerprint density at radius 3 is 3.15 bits per heavy atom. The number of carbonyl (C=O) groups is 1. The van der Waals surface area contributed by atoms with E-state index in [0.29, 0.717) is 12.2 Å². The van der Waals surface area contributed by atoms with Gasteiger partial charge in [0.25, 0.3) is 0 Å². The summed E-state index contributed by atoms with van der Waals surface area (Å²) in [6, 6.07) is 0. The van der Waals surface area contributed by atoms with Gasteiger partial charge < -0.3 is 22.2 Å². The topological polar surface area (TPSA) is 111 Å². The molecule has 0 saturated carbocycles. The number of hydrogen-bond donors (Lipinski definition) is 3. The minimum atomic E-state index is 0. The molecule has 7 nitrogen and oxygen atoms in total. The summed E-state index contributed by atoms with van der Waals surface area (Å²) in [6.07, 6.45) is 4.19. The van der Waals surface area contributed by atoms with Crippen LogP contribution in [0.3, 0.4) is 0 Å². The first-order valence-corrected chi connectivity index (χ1v) is 6.96. The molecule has 0 unspecified atom stereocenters. The molecular formula is C11H17ClN6OS. The van der Waals surface area contributed by atoms with Crippen LogP contribution in [0, 0.1) is 18.4 Å². The molecule has 0 aliphatic rings. The van der Waals surface area contributed by atoms with E-state index >= 15 is 0 Å². The van der Waals surface area contributed by atoms with Crippen molar-refractivity contribution in [3.05, 3.63) is 17.7 Å². The van der Waals surface area contributed by atoms with E-state index in [2.05, 4.69) is 20.3 Å². The number of nitrogens with two attached hydrogens (primary N) is 1. The summed E-state index contributed by atoms with van der Waals surface area (Å²) < 4.78 is 0. The molecule has 20 heavy (non-hydrogen) atoms. The number of nitrogens with one attached hydrogen (secondary N) is 2. The third-order valence-corrected chi connectivity index (χ3v) is 3.30. The Kier molecular flexibility index (Phi) is 10.4. The highest BCUT2D eigenvalue weighted by molar-refractivity contribution is 7.98. The number of carbonyl (C=O) groups excluding carboxylic acids is 1. The normalized spacial score (nSPS) is 10.5. The molecule has 9 heteroatoms. The Morgan fingerprint density at radius 2 is 2.55 bits per heavy atom. The van der Waals surface area contributed by atoms with Crippen LogP contribution >= 0.6 is 11.8 Å². The Hall–Kier alpha value is -1.56. The monoisotopic (exact) mass is 316 g/mol. The molecule has 1 heterocycles. The molecule has 4 N–H and O–H groups in total. The number of guanidine groups is 1. The van der Waals surface area contributed by atoms with Crippen LogP contribution in [0.1, 0.15) is 11.4 Å². The maximum atomic E-state index is 10.2. The Labute approximate surface area is 128 Å². The van der Waals surface area contributed by atoms with Gasteiger partial charge in [0, 0.05) is 17.2 Å². The number of rotatable bonds is 7. The van der Waals surface area contributed by atoms with E-state index in [-0.39, 0.29) is 19.0 Å². The van der Waals surface area contributed by atoms with Gasteiger partial charge in [-0.1, -0.05) is 0 Å². The van der Waals surface area contributed by atoms with Crippen molar-refractivity contribution in [1.82, 2.24) is 15.3 Å². The van der Waals surface area contributed by atoms with Crippen molar-refractivity contribution < 1.29 is 22.5 Å². The Bertz CT molecular complexity index is 470. The van der Waals surface area contributed by atoms with Crippen molar-refractivity contribution >= 4 is 24.0 Å². The van der Waals surface area contributed by atoms with Gasteiger partial charge in [-0.15, -0.1) is 11.8 Å². The number of thioether (sulfide) groups is 1. The predicted octanol–water partition coefficient (Wildman–Crippen LogP) is -3.86. The first kappa shape index (κ1) is 18.4. The molecule has 0 bridgehead atoms. The van der Waals surface area contributed by atoms with Crippen molar-refractivity contribution in [3.63, 3.8) is 0 Å². The first-order valence-electron chi connectivity index (χ1n) is 5.81. The quantitative estimate of drug-likeness (QED) is 0.119. The largest absolute Gasteiger partial charge is 1.00 e. The van der Waals surface area contributed by atoms with E-state index < -0.39 is 0 Å². The average molecular weight is 317 g/mol. The smallest absolute Gasteiger partial charge is 0.308 e. The zero-order valence-corrected chi connectivity index (χ0v) is 12.7. The molecule has 0 saturated heterocycles. The third kappa shape index (κ3) is 7.13. The van der Waals surface area contributed by atoms with E-state index in [0.717, 1.165) is 29.4 Å². The lowest BCUT2D eigenvalue weighted by Gasteiger charge is -2.02. The average Bonchev–Trinajstić information content (AvgIpc) is 2.81. The van der Waals surface area contributed by atoms with Crippen molar-refractivity contribution in [2.75, 3.05) is 18.8 Å². The Balaban J connectivity index is 0.00000361. The predicted molar refractivity (Wildman–Crippen MR) is 73.4 cm³/mol. The standard InChI is InChI=1S/C11H16N6OS.ClH/c1-9-10(17-8-16-9)6-19-5-3-14-11(15-7-12)13-2-4-18;/h4,8H,2-3,5-6H2,1H3,(H,16,17)(H2,13,14,15);1H. The highest BCUT2D eigenvalue weighted by atomic mass is 35.5. The number of quaternary nitrogens is 1. The molecule has 0 radical (unpaired) electrons. The number of aliphatic imine (C=N–C) groups is 1. The molecular weight excluding hydrogens is 300 g/mol. The van der Waals surface area contributed by atoms with Gasteiger partial charge in [0.1, 0.15) is 12.8 Å². The van der Waals surface area contributed by atoms with Gasteiger partial charge in [0.05, 0.1) is 18.6 Å². The number of aryl methyl sites for hydroxylation is 1. The van der Waals surface area contributed by atoms with Crippen LogP contribution in [-0.4, -0.2) is 41.1 Å². The summed E-state index contributed by atoms with van der Waals surface area (Å²) in [5.74, 6) is 2.21. The van der Waals surface area contributed by atoms with Gasteiger partial charge in [-0.2, -0.15) is 5.26 Å². The summed E-state index contributed by atoms with van der Waals surface area (Å²) in [5, 5.41) is 12.8. The zero-order chi connectivity index (χ0) is 13.9. The summed E-state index contributed by atoms with van der Waals surface area (Å²) in [6.45, 7) is 2.84. The molecule has 0 aliphatic heterocycles.